The van der Waals surface area contributed by atoms with Crippen LogP contribution in [0.3, 0.4) is 0 Å². The van der Waals surface area contributed by atoms with Crippen molar-refractivity contribution in [3.63, 3.8) is 0 Å². The van der Waals surface area contributed by atoms with Gasteiger partial charge in [0.2, 0.25) is 5.91 Å². The Morgan fingerprint density at radius 1 is 1.35 bits per heavy atom. The molecule has 5 nitrogen and oxygen atoms in total. The number of nitrogens with zero attached hydrogens (tertiary/aromatic N) is 1. The third-order valence-electron chi connectivity index (χ3n) is 5.84. The number of likely N-dealkylation sites (tertiary alicyclic amines) is 1. The second-order valence-corrected chi connectivity index (χ2v) is 8.37. The zero-order chi connectivity index (χ0) is 18.4. The van der Waals surface area contributed by atoms with Crippen LogP contribution in [0.4, 0.5) is 0 Å². The average molecular weight is 360 g/mol. The zero-order valence-electron chi connectivity index (χ0n) is 16.0. The average Bonchev–Trinajstić information content (AvgIpc) is 3.02. The summed E-state index contributed by atoms with van der Waals surface area (Å²) < 4.78 is 5.38. The van der Waals surface area contributed by atoms with E-state index in [-0.39, 0.29) is 11.3 Å². The molecule has 2 heterocycles. The topological polar surface area (TPSA) is 67.6 Å². The molecule has 0 aromatic heterocycles. The van der Waals surface area contributed by atoms with Crippen molar-refractivity contribution in [1.29, 1.82) is 0 Å². The van der Waals surface area contributed by atoms with Crippen molar-refractivity contribution in [2.24, 2.45) is 17.1 Å². The molecule has 2 saturated heterocycles. The Hall–Kier alpha value is -1.43. The lowest BCUT2D eigenvalue weighted by Gasteiger charge is -2.27. The molecular formula is C21H33N3O2. The van der Waals surface area contributed by atoms with Crippen LogP contribution in [-0.4, -0.2) is 49.7 Å². The van der Waals surface area contributed by atoms with Gasteiger partial charge in [-0.05, 0) is 49.1 Å². The molecule has 0 saturated carbocycles. The van der Waals surface area contributed by atoms with E-state index < -0.39 is 6.04 Å². The Labute approximate surface area is 157 Å². The van der Waals surface area contributed by atoms with Crippen LogP contribution in [0.15, 0.2) is 30.3 Å². The van der Waals surface area contributed by atoms with Gasteiger partial charge in [-0.3, -0.25) is 9.69 Å². The Bertz CT molecular complexity index is 574. The quantitative estimate of drug-likeness (QED) is 0.783. The van der Waals surface area contributed by atoms with Gasteiger partial charge < -0.3 is 15.8 Å². The van der Waals surface area contributed by atoms with Crippen LogP contribution in [0.2, 0.25) is 0 Å². The van der Waals surface area contributed by atoms with Gasteiger partial charge in [0.1, 0.15) is 0 Å². The van der Waals surface area contributed by atoms with Gasteiger partial charge in [0.15, 0.2) is 0 Å². The molecule has 1 amide bonds. The van der Waals surface area contributed by atoms with Crippen molar-refractivity contribution in [3.05, 3.63) is 35.9 Å². The minimum Gasteiger partial charge on any atom is -0.381 e. The summed E-state index contributed by atoms with van der Waals surface area (Å²) in [6.45, 7) is 7.64. The Balaban J connectivity index is 1.41. The predicted octanol–water partition coefficient (Wildman–Crippen LogP) is 2.16. The lowest BCUT2D eigenvalue weighted by Crippen LogP contribution is -2.46. The second-order valence-electron chi connectivity index (χ2n) is 8.37. The number of ether oxygens (including phenoxy) is 1. The Morgan fingerprint density at radius 3 is 2.81 bits per heavy atom. The van der Waals surface area contributed by atoms with E-state index in [1.165, 1.54) is 5.56 Å². The van der Waals surface area contributed by atoms with Crippen LogP contribution in [0, 0.1) is 11.3 Å². The maximum atomic E-state index is 12.4. The molecule has 144 valence electrons. The molecule has 2 aliphatic rings. The van der Waals surface area contributed by atoms with Crippen LogP contribution in [0.25, 0.3) is 0 Å². The number of nitrogens with two attached hydrogens (primary N) is 1. The fraction of sp³-hybridized carbons (Fsp3) is 0.667. The minimum absolute atomic E-state index is 0.000716. The SMILES string of the molecule is CC1(CNC(=O)C(N)CC2CCOCC2)CCN(Cc2ccccc2)C1. The molecule has 2 fully saturated rings. The van der Waals surface area contributed by atoms with Crippen molar-refractivity contribution in [2.45, 2.75) is 45.2 Å². The highest BCUT2D eigenvalue weighted by molar-refractivity contribution is 5.81. The fourth-order valence-corrected chi connectivity index (χ4v) is 4.13. The van der Waals surface area contributed by atoms with E-state index in [2.05, 4.69) is 47.5 Å². The normalized spacial score (nSPS) is 25.9. The Morgan fingerprint density at radius 2 is 2.08 bits per heavy atom. The molecular weight excluding hydrogens is 326 g/mol. The fourth-order valence-electron chi connectivity index (χ4n) is 4.13. The summed E-state index contributed by atoms with van der Waals surface area (Å²) in [5.74, 6) is 0.521. The molecule has 3 N–H and O–H groups in total. The number of amides is 1. The van der Waals surface area contributed by atoms with E-state index in [9.17, 15) is 4.79 Å². The summed E-state index contributed by atoms with van der Waals surface area (Å²) in [4.78, 5) is 14.9. The van der Waals surface area contributed by atoms with Gasteiger partial charge in [-0.25, -0.2) is 0 Å². The number of carbonyl (C=O) groups excluding carboxylic acids is 1. The number of hydrogen-bond donors (Lipinski definition) is 2. The lowest BCUT2D eigenvalue weighted by atomic mass is 9.89. The van der Waals surface area contributed by atoms with Crippen molar-refractivity contribution in [2.75, 3.05) is 32.8 Å². The number of rotatable bonds is 7. The predicted molar refractivity (Wildman–Crippen MR) is 104 cm³/mol. The van der Waals surface area contributed by atoms with E-state index >= 15 is 0 Å². The maximum absolute atomic E-state index is 12.4. The van der Waals surface area contributed by atoms with Crippen LogP contribution in [0.1, 0.15) is 38.2 Å². The smallest absolute Gasteiger partial charge is 0.236 e. The highest BCUT2D eigenvalue weighted by Crippen LogP contribution is 2.30. The van der Waals surface area contributed by atoms with Gasteiger partial charge in [0, 0.05) is 32.8 Å². The van der Waals surface area contributed by atoms with Crippen LogP contribution in [-0.2, 0) is 16.1 Å². The third-order valence-corrected chi connectivity index (χ3v) is 5.84. The standard InChI is InChI=1S/C21H33N3O2/c1-21(9-10-24(16-21)14-18-5-3-2-4-6-18)15-23-20(25)19(22)13-17-7-11-26-12-8-17/h2-6,17,19H,7-16,22H2,1H3,(H,23,25). The molecule has 0 aliphatic carbocycles. The molecule has 2 aliphatic heterocycles. The summed E-state index contributed by atoms with van der Waals surface area (Å²) >= 11 is 0. The molecule has 1 aromatic carbocycles. The van der Waals surface area contributed by atoms with Crippen molar-refractivity contribution in [3.8, 4) is 0 Å². The molecule has 0 bridgehead atoms. The summed E-state index contributed by atoms with van der Waals surface area (Å²) in [5, 5.41) is 3.12. The lowest BCUT2D eigenvalue weighted by molar-refractivity contribution is -0.123. The van der Waals surface area contributed by atoms with Crippen LogP contribution >= 0.6 is 0 Å². The van der Waals surface area contributed by atoms with E-state index in [1.54, 1.807) is 0 Å². The van der Waals surface area contributed by atoms with E-state index in [0.29, 0.717) is 12.5 Å². The van der Waals surface area contributed by atoms with Crippen LogP contribution in [0.5, 0.6) is 0 Å². The monoisotopic (exact) mass is 359 g/mol. The third kappa shape index (κ3) is 5.53. The largest absolute Gasteiger partial charge is 0.381 e. The van der Waals surface area contributed by atoms with Crippen molar-refractivity contribution in [1.82, 2.24) is 10.2 Å². The first-order valence-corrected chi connectivity index (χ1v) is 9.91. The van der Waals surface area contributed by atoms with Crippen molar-refractivity contribution < 1.29 is 9.53 Å². The van der Waals surface area contributed by atoms with Gasteiger partial charge in [-0.15, -0.1) is 0 Å². The first-order chi connectivity index (χ1) is 12.5. The highest BCUT2D eigenvalue weighted by Gasteiger charge is 2.34. The number of benzene rings is 1. The summed E-state index contributed by atoms with van der Waals surface area (Å²) in [6.07, 6.45) is 3.92. The highest BCUT2D eigenvalue weighted by atomic mass is 16.5. The van der Waals surface area contributed by atoms with Crippen LogP contribution < -0.4 is 11.1 Å². The number of hydrogen-bond acceptors (Lipinski definition) is 4. The van der Waals surface area contributed by atoms with E-state index in [4.69, 9.17) is 10.5 Å². The number of carbonyl (C=O) groups is 1. The minimum atomic E-state index is -0.400. The van der Waals surface area contributed by atoms with Gasteiger partial charge in [-0.2, -0.15) is 0 Å². The van der Waals surface area contributed by atoms with E-state index in [1.807, 2.05) is 0 Å². The maximum Gasteiger partial charge on any atom is 0.236 e. The molecule has 0 spiro atoms. The summed E-state index contributed by atoms with van der Waals surface area (Å²) in [6, 6.07) is 10.2. The molecule has 3 rings (SSSR count). The van der Waals surface area contributed by atoms with Gasteiger partial charge >= 0.3 is 0 Å². The van der Waals surface area contributed by atoms with Gasteiger partial charge in [-0.1, -0.05) is 37.3 Å². The summed E-state index contributed by atoms with van der Waals surface area (Å²) in [5.41, 5.74) is 7.62. The molecule has 0 radical (unpaired) electrons. The molecule has 2 unspecified atom stereocenters. The summed E-state index contributed by atoms with van der Waals surface area (Å²) in [7, 11) is 0. The molecule has 2 atom stereocenters. The van der Waals surface area contributed by atoms with Gasteiger partial charge in [0.25, 0.3) is 0 Å². The first kappa shape index (κ1) is 19.3. The Kier molecular flexibility index (Phi) is 6.68. The first-order valence-electron chi connectivity index (χ1n) is 9.91. The molecule has 26 heavy (non-hydrogen) atoms. The zero-order valence-corrected chi connectivity index (χ0v) is 16.0. The van der Waals surface area contributed by atoms with E-state index in [0.717, 1.165) is 58.5 Å². The van der Waals surface area contributed by atoms with Gasteiger partial charge in [0.05, 0.1) is 6.04 Å². The molecule has 5 heteroatoms. The van der Waals surface area contributed by atoms with Crippen molar-refractivity contribution >= 4 is 5.91 Å². The number of nitrogens with one attached hydrogen (secondary N) is 1. The second kappa shape index (κ2) is 8.98. The molecule has 1 aromatic rings.